The lowest BCUT2D eigenvalue weighted by Crippen LogP contribution is -1.99. The van der Waals surface area contributed by atoms with Gasteiger partial charge >= 0.3 is 0 Å². The molecule has 2 heterocycles. The highest BCUT2D eigenvalue weighted by atomic mass is 79.9. The molecule has 0 aliphatic heterocycles. The van der Waals surface area contributed by atoms with Gasteiger partial charge < -0.3 is 5.73 Å². The number of hydrogen-bond acceptors (Lipinski definition) is 5. The molecule has 0 fully saturated rings. The van der Waals surface area contributed by atoms with Gasteiger partial charge in [-0.15, -0.1) is 0 Å². The summed E-state index contributed by atoms with van der Waals surface area (Å²) in [6.45, 7) is 1.97. The maximum absolute atomic E-state index is 5.74. The summed E-state index contributed by atoms with van der Waals surface area (Å²) in [4.78, 5) is 8.19. The number of anilines is 1. The van der Waals surface area contributed by atoms with Crippen molar-refractivity contribution < 1.29 is 0 Å². The van der Waals surface area contributed by atoms with Crippen LogP contribution in [-0.2, 0) is 12.8 Å². The van der Waals surface area contributed by atoms with Gasteiger partial charge in [-0.1, -0.05) is 11.8 Å². The van der Waals surface area contributed by atoms with E-state index in [2.05, 4.69) is 31.0 Å². The molecule has 2 aromatic heterocycles. The number of nitrogens with two attached hydrogens (primary N) is 1. The van der Waals surface area contributed by atoms with Gasteiger partial charge in [-0.3, -0.25) is 4.68 Å². The summed E-state index contributed by atoms with van der Waals surface area (Å²) in [7, 11) is 1.92. The van der Waals surface area contributed by atoms with Gasteiger partial charge in [-0.25, -0.2) is 9.97 Å². The molecule has 90 valence electrons. The molecule has 0 bridgehead atoms. The van der Waals surface area contributed by atoms with Crippen molar-refractivity contribution in [3.05, 3.63) is 28.3 Å². The summed E-state index contributed by atoms with van der Waals surface area (Å²) in [5, 5.41) is 5.08. The van der Waals surface area contributed by atoms with Crippen LogP contribution in [0, 0.1) is 6.92 Å². The Bertz CT molecular complexity index is 539. The summed E-state index contributed by atoms with van der Waals surface area (Å²) in [6.07, 6.45) is 3.23. The van der Waals surface area contributed by atoms with Crippen molar-refractivity contribution in [2.45, 2.75) is 17.7 Å². The summed E-state index contributed by atoms with van der Waals surface area (Å²) in [5.41, 5.74) is 7.83. The maximum Gasteiger partial charge on any atom is 0.156 e. The third kappa shape index (κ3) is 2.61. The van der Waals surface area contributed by atoms with Crippen molar-refractivity contribution >= 4 is 33.5 Å². The van der Waals surface area contributed by atoms with E-state index in [1.807, 2.05) is 18.7 Å². The normalized spacial score (nSPS) is 10.8. The summed E-state index contributed by atoms with van der Waals surface area (Å²) in [5.74, 6) is 1.22. The van der Waals surface area contributed by atoms with Crippen LogP contribution in [0.2, 0.25) is 0 Å². The fraction of sp³-hybridized carbons (Fsp3) is 0.300. The molecule has 0 aliphatic carbocycles. The average molecular weight is 314 g/mol. The Morgan fingerprint density at radius 3 is 2.71 bits per heavy atom. The number of aryl methyl sites for hydroxylation is 2. The molecular formula is C10H12BrN5S. The minimum absolute atomic E-state index is 0.465. The molecule has 0 radical (unpaired) electrons. The second kappa shape index (κ2) is 5.05. The number of aromatic nitrogens is 4. The van der Waals surface area contributed by atoms with E-state index in [4.69, 9.17) is 5.73 Å². The smallest absolute Gasteiger partial charge is 0.156 e. The molecule has 7 heteroatoms. The summed E-state index contributed by atoms with van der Waals surface area (Å²) in [6, 6.07) is 0. The number of nitrogen functional groups attached to an aromatic ring is 1. The van der Waals surface area contributed by atoms with E-state index in [-0.39, 0.29) is 0 Å². The topological polar surface area (TPSA) is 69.6 Å². The summed E-state index contributed by atoms with van der Waals surface area (Å²) >= 11 is 5.08. The van der Waals surface area contributed by atoms with Gasteiger partial charge in [0.1, 0.15) is 5.03 Å². The second-order valence-electron chi connectivity index (χ2n) is 3.51. The van der Waals surface area contributed by atoms with E-state index in [1.165, 1.54) is 0 Å². The van der Waals surface area contributed by atoms with Gasteiger partial charge in [-0.2, -0.15) is 5.10 Å². The fourth-order valence-electron chi connectivity index (χ4n) is 1.42. The third-order valence-electron chi connectivity index (χ3n) is 2.30. The zero-order valence-electron chi connectivity index (χ0n) is 9.51. The minimum atomic E-state index is 0.465. The molecule has 2 aromatic rings. The highest BCUT2D eigenvalue weighted by Gasteiger charge is 2.12. The van der Waals surface area contributed by atoms with Gasteiger partial charge in [-0.05, 0) is 22.9 Å². The first kappa shape index (κ1) is 12.4. The van der Waals surface area contributed by atoms with E-state index in [0.29, 0.717) is 5.82 Å². The molecule has 0 spiro atoms. The molecule has 0 saturated heterocycles. The van der Waals surface area contributed by atoms with Crippen LogP contribution in [0.15, 0.2) is 21.9 Å². The maximum atomic E-state index is 5.74. The van der Waals surface area contributed by atoms with Crippen LogP contribution in [-0.4, -0.2) is 19.7 Å². The van der Waals surface area contributed by atoms with Crippen molar-refractivity contribution in [3.8, 4) is 0 Å². The second-order valence-corrected chi connectivity index (χ2v) is 5.26. The lowest BCUT2D eigenvalue weighted by atomic mass is 10.4. The van der Waals surface area contributed by atoms with E-state index in [9.17, 15) is 0 Å². The lowest BCUT2D eigenvalue weighted by Gasteiger charge is -2.04. The number of thioether (sulfide) groups is 1. The predicted octanol–water partition coefficient (Wildman–Crippen LogP) is 2.16. The fourth-order valence-corrected chi connectivity index (χ4v) is 3.02. The van der Waals surface area contributed by atoms with Crippen molar-refractivity contribution in [3.63, 3.8) is 0 Å². The standard InChI is InChI=1S/C10H12BrN5S/c1-6-8(11)7(16(2)15-6)5-17-10-9(12)13-3-4-14-10/h3-4H,5H2,1-2H3,(H2,12,13). The first-order chi connectivity index (χ1) is 8.09. The van der Waals surface area contributed by atoms with Crippen LogP contribution < -0.4 is 5.73 Å². The molecule has 0 aliphatic rings. The molecule has 0 amide bonds. The largest absolute Gasteiger partial charge is 0.381 e. The Morgan fingerprint density at radius 1 is 1.41 bits per heavy atom. The molecule has 2 rings (SSSR count). The van der Waals surface area contributed by atoms with Crippen LogP contribution in [0.4, 0.5) is 5.82 Å². The molecule has 0 unspecified atom stereocenters. The highest BCUT2D eigenvalue weighted by Crippen LogP contribution is 2.29. The average Bonchev–Trinajstić information content (AvgIpc) is 2.53. The van der Waals surface area contributed by atoms with Gasteiger partial charge in [0, 0.05) is 25.2 Å². The van der Waals surface area contributed by atoms with Crippen molar-refractivity contribution in [2.24, 2.45) is 7.05 Å². The molecule has 2 N–H and O–H groups in total. The Hall–Kier alpha value is -1.08. The monoisotopic (exact) mass is 313 g/mol. The van der Waals surface area contributed by atoms with E-state index in [1.54, 1.807) is 24.2 Å². The SMILES string of the molecule is Cc1nn(C)c(CSc2nccnc2N)c1Br. The molecule has 0 saturated carbocycles. The third-order valence-corrected chi connectivity index (χ3v) is 4.34. The van der Waals surface area contributed by atoms with Crippen LogP contribution in [0.5, 0.6) is 0 Å². The molecular weight excluding hydrogens is 302 g/mol. The molecule has 17 heavy (non-hydrogen) atoms. The Balaban J connectivity index is 2.15. The van der Waals surface area contributed by atoms with E-state index >= 15 is 0 Å². The van der Waals surface area contributed by atoms with Gasteiger partial charge in [0.25, 0.3) is 0 Å². The van der Waals surface area contributed by atoms with Gasteiger partial charge in [0.15, 0.2) is 5.82 Å². The number of nitrogens with zero attached hydrogens (tertiary/aromatic N) is 4. The van der Waals surface area contributed by atoms with E-state index in [0.717, 1.165) is 26.6 Å². The van der Waals surface area contributed by atoms with Crippen molar-refractivity contribution in [2.75, 3.05) is 5.73 Å². The van der Waals surface area contributed by atoms with Gasteiger partial charge in [0.05, 0.1) is 15.9 Å². The lowest BCUT2D eigenvalue weighted by molar-refractivity contribution is 0.727. The summed E-state index contributed by atoms with van der Waals surface area (Å²) < 4.78 is 2.90. The Kier molecular flexibility index (Phi) is 3.68. The molecule has 0 aromatic carbocycles. The zero-order chi connectivity index (χ0) is 12.4. The predicted molar refractivity (Wildman–Crippen MR) is 71.7 cm³/mol. The Morgan fingerprint density at radius 2 is 2.12 bits per heavy atom. The van der Waals surface area contributed by atoms with Crippen LogP contribution in [0.1, 0.15) is 11.4 Å². The quantitative estimate of drug-likeness (QED) is 0.879. The molecule has 0 atom stereocenters. The number of rotatable bonds is 3. The number of halogens is 1. The van der Waals surface area contributed by atoms with Gasteiger partial charge in [0.2, 0.25) is 0 Å². The molecule has 5 nitrogen and oxygen atoms in total. The van der Waals surface area contributed by atoms with E-state index < -0.39 is 0 Å². The van der Waals surface area contributed by atoms with Crippen molar-refractivity contribution in [1.29, 1.82) is 0 Å². The van der Waals surface area contributed by atoms with Crippen LogP contribution >= 0.6 is 27.7 Å². The first-order valence-electron chi connectivity index (χ1n) is 4.97. The first-order valence-corrected chi connectivity index (χ1v) is 6.74. The van der Waals surface area contributed by atoms with Crippen molar-refractivity contribution in [1.82, 2.24) is 19.7 Å². The van der Waals surface area contributed by atoms with Crippen LogP contribution in [0.25, 0.3) is 0 Å². The minimum Gasteiger partial charge on any atom is -0.381 e. The van der Waals surface area contributed by atoms with Crippen LogP contribution in [0.3, 0.4) is 0 Å². The Labute approximate surface area is 112 Å². The zero-order valence-corrected chi connectivity index (χ0v) is 11.9. The highest BCUT2D eigenvalue weighted by molar-refractivity contribution is 9.10. The number of hydrogen-bond donors (Lipinski definition) is 1.